The molecule has 0 fully saturated rings. The van der Waals surface area contributed by atoms with Crippen LogP contribution in [0.15, 0.2) is 51.9 Å². The molecule has 0 spiro atoms. The van der Waals surface area contributed by atoms with Gasteiger partial charge < -0.3 is 18.6 Å². The second-order valence-electron chi connectivity index (χ2n) is 5.30. The van der Waals surface area contributed by atoms with Crippen molar-refractivity contribution in [3.05, 3.63) is 52.9 Å². The van der Waals surface area contributed by atoms with E-state index < -0.39 is 5.97 Å². The fourth-order valence-electron chi connectivity index (χ4n) is 2.55. The minimum absolute atomic E-state index is 0.238. The van der Waals surface area contributed by atoms with Gasteiger partial charge in [-0.2, -0.15) is 0 Å². The first kappa shape index (κ1) is 16.6. The van der Waals surface area contributed by atoms with Crippen LogP contribution in [0.2, 0.25) is 0 Å². The van der Waals surface area contributed by atoms with Gasteiger partial charge >= 0.3 is 5.97 Å². The molecule has 0 amide bonds. The summed E-state index contributed by atoms with van der Waals surface area (Å²) in [4.78, 5) is 24.1. The highest BCUT2D eigenvalue weighted by Crippen LogP contribution is 2.31. The van der Waals surface area contributed by atoms with Gasteiger partial charge in [0.2, 0.25) is 5.43 Å². The zero-order valence-corrected chi connectivity index (χ0v) is 14.0. The van der Waals surface area contributed by atoms with Gasteiger partial charge in [0.25, 0.3) is 0 Å². The smallest absolute Gasteiger partial charge is 0.308 e. The maximum Gasteiger partial charge on any atom is 0.308 e. The maximum atomic E-state index is 12.9. The first-order chi connectivity index (χ1) is 12.0. The summed E-state index contributed by atoms with van der Waals surface area (Å²) in [6, 6.07) is 10.0. The molecule has 0 aliphatic rings. The molecular formula is C19H16O6. The highest BCUT2D eigenvalue weighted by Gasteiger charge is 2.16. The second kappa shape index (κ2) is 6.68. The van der Waals surface area contributed by atoms with Crippen LogP contribution in [0, 0.1) is 0 Å². The van der Waals surface area contributed by atoms with E-state index in [1.165, 1.54) is 32.4 Å². The quantitative estimate of drug-likeness (QED) is 0.535. The molecule has 1 heterocycles. The van der Waals surface area contributed by atoms with Crippen LogP contribution in [0.25, 0.3) is 22.1 Å². The molecule has 0 radical (unpaired) electrons. The number of benzene rings is 2. The minimum atomic E-state index is -0.474. The van der Waals surface area contributed by atoms with Gasteiger partial charge in [0, 0.05) is 19.1 Å². The Morgan fingerprint density at radius 2 is 1.72 bits per heavy atom. The van der Waals surface area contributed by atoms with E-state index in [1.807, 2.05) is 0 Å². The van der Waals surface area contributed by atoms with E-state index in [4.69, 9.17) is 18.6 Å². The highest BCUT2D eigenvalue weighted by molar-refractivity contribution is 5.89. The number of carbonyl (C=O) groups is 1. The molecular weight excluding hydrogens is 324 g/mol. The molecule has 0 atom stereocenters. The van der Waals surface area contributed by atoms with Crippen molar-refractivity contribution in [2.45, 2.75) is 6.92 Å². The summed E-state index contributed by atoms with van der Waals surface area (Å²) in [6.07, 6.45) is 1.38. The lowest BCUT2D eigenvalue weighted by Crippen LogP contribution is -2.08. The average molecular weight is 340 g/mol. The van der Waals surface area contributed by atoms with Gasteiger partial charge in [0.15, 0.2) is 0 Å². The van der Waals surface area contributed by atoms with E-state index in [0.29, 0.717) is 16.9 Å². The molecule has 1 aromatic heterocycles. The Kier molecular flexibility index (Phi) is 4.43. The number of esters is 1. The third-order valence-corrected chi connectivity index (χ3v) is 3.70. The number of hydrogen-bond donors (Lipinski definition) is 0. The zero-order valence-electron chi connectivity index (χ0n) is 14.0. The monoisotopic (exact) mass is 340 g/mol. The molecule has 6 heteroatoms. The lowest BCUT2D eigenvalue weighted by Gasteiger charge is -2.09. The summed E-state index contributed by atoms with van der Waals surface area (Å²) >= 11 is 0. The molecule has 0 N–H and O–H groups in total. The van der Waals surface area contributed by atoms with Crippen LogP contribution in [-0.4, -0.2) is 20.2 Å². The van der Waals surface area contributed by atoms with Crippen molar-refractivity contribution < 1.29 is 23.4 Å². The highest BCUT2D eigenvalue weighted by atomic mass is 16.5. The van der Waals surface area contributed by atoms with Gasteiger partial charge in [-0.15, -0.1) is 0 Å². The van der Waals surface area contributed by atoms with Crippen LogP contribution < -0.4 is 19.6 Å². The summed E-state index contributed by atoms with van der Waals surface area (Å²) in [6.45, 7) is 1.29. The van der Waals surface area contributed by atoms with Crippen LogP contribution >= 0.6 is 0 Å². The van der Waals surface area contributed by atoms with E-state index >= 15 is 0 Å². The third kappa shape index (κ3) is 3.19. The van der Waals surface area contributed by atoms with Gasteiger partial charge in [0.1, 0.15) is 34.5 Å². The van der Waals surface area contributed by atoms with E-state index in [2.05, 4.69) is 0 Å². The van der Waals surface area contributed by atoms with E-state index in [-0.39, 0.29) is 27.9 Å². The predicted molar refractivity (Wildman–Crippen MR) is 92.3 cm³/mol. The van der Waals surface area contributed by atoms with E-state index in [1.54, 1.807) is 31.4 Å². The Bertz CT molecular complexity index is 985. The molecule has 3 aromatic rings. The molecule has 0 unspecified atom stereocenters. The van der Waals surface area contributed by atoms with Crippen LogP contribution in [0.4, 0.5) is 0 Å². The lowest BCUT2D eigenvalue weighted by molar-refractivity contribution is -0.131. The Morgan fingerprint density at radius 3 is 2.32 bits per heavy atom. The maximum absolute atomic E-state index is 12.9. The Morgan fingerprint density at radius 1 is 1.00 bits per heavy atom. The van der Waals surface area contributed by atoms with Gasteiger partial charge in [-0.1, -0.05) is 12.1 Å². The van der Waals surface area contributed by atoms with Gasteiger partial charge in [-0.05, 0) is 17.7 Å². The van der Waals surface area contributed by atoms with Gasteiger partial charge in [-0.3, -0.25) is 9.59 Å². The average Bonchev–Trinajstić information content (AvgIpc) is 2.61. The van der Waals surface area contributed by atoms with Gasteiger partial charge in [-0.25, -0.2) is 0 Å². The molecule has 2 aromatic carbocycles. The summed E-state index contributed by atoms with van der Waals surface area (Å²) in [7, 11) is 3.01. The Balaban J connectivity index is 2.18. The first-order valence-corrected chi connectivity index (χ1v) is 7.50. The number of methoxy groups -OCH3 is 2. The second-order valence-corrected chi connectivity index (χ2v) is 5.30. The molecule has 128 valence electrons. The number of hydrogen-bond acceptors (Lipinski definition) is 6. The number of fused-ring (bicyclic) bond motifs is 1. The molecule has 0 saturated heterocycles. The Labute approximate surface area is 143 Å². The van der Waals surface area contributed by atoms with Crippen LogP contribution in [0.1, 0.15) is 6.92 Å². The predicted octanol–water partition coefficient (Wildman–Crippen LogP) is 3.40. The van der Waals surface area contributed by atoms with Crippen LogP contribution in [0.5, 0.6) is 17.2 Å². The molecule has 0 saturated carbocycles. The van der Waals surface area contributed by atoms with Crippen molar-refractivity contribution in [1.82, 2.24) is 0 Å². The van der Waals surface area contributed by atoms with Crippen molar-refractivity contribution in [1.29, 1.82) is 0 Å². The number of carbonyl (C=O) groups excluding carboxylic acids is 1. The lowest BCUT2D eigenvalue weighted by atomic mass is 10.0. The molecule has 0 aliphatic carbocycles. The van der Waals surface area contributed by atoms with Crippen molar-refractivity contribution in [2.24, 2.45) is 0 Å². The van der Waals surface area contributed by atoms with Crippen LogP contribution in [-0.2, 0) is 4.79 Å². The summed E-state index contributed by atoms with van der Waals surface area (Å²) in [5, 5.41) is 0.284. The topological polar surface area (TPSA) is 75.0 Å². The Hall–Kier alpha value is -3.28. The summed E-state index contributed by atoms with van der Waals surface area (Å²) in [5.74, 6) is 0.742. The van der Waals surface area contributed by atoms with E-state index in [9.17, 15) is 9.59 Å². The molecule has 25 heavy (non-hydrogen) atoms. The summed E-state index contributed by atoms with van der Waals surface area (Å²) in [5.41, 5.74) is 1.13. The fraction of sp³-hybridized carbons (Fsp3) is 0.158. The number of ether oxygens (including phenoxy) is 3. The molecule has 3 rings (SSSR count). The molecule has 0 aliphatic heterocycles. The first-order valence-electron chi connectivity index (χ1n) is 7.50. The molecule has 0 bridgehead atoms. The largest absolute Gasteiger partial charge is 0.497 e. The SMILES string of the molecule is COc1ccc(-c2coc3cc(OC(C)=O)cc(OC)c3c2=O)cc1. The van der Waals surface area contributed by atoms with Crippen molar-refractivity contribution in [3.63, 3.8) is 0 Å². The fourth-order valence-corrected chi connectivity index (χ4v) is 2.55. The zero-order chi connectivity index (χ0) is 18.0. The standard InChI is InChI=1S/C19H16O6/c1-11(20)25-14-8-16(23-3)18-17(9-14)24-10-15(19(18)21)12-4-6-13(22-2)7-5-12/h4-10H,1-3H3. The van der Waals surface area contributed by atoms with Crippen LogP contribution in [0.3, 0.4) is 0 Å². The van der Waals surface area contributed by atoms with Crippen molar-refractivity contribution in [2.75, 3.05) is 14.2 Å². The van der Waals surface area contributed by atoms with E-state index in [0.717, 1.165) is 0 Å². The van der Waals surface area contributed by atoms with Crippen molar-refractivity contribution in [3.8, 4) is 28.4 Å². The van der Waals surface area contributed by atoms with Crippen molar-refractivity contribution >= 4 is 16.9 Å². The summed E-state index contributed by atoms with van der Waals surface area (Å²) < 4.78 is 21.1. The normalized spacial score (nSPS) is 10.5. The number of rotatable bonds is 4. The minimum Gasteiger partial charge on any atom is -0.497 e. The molecule has 6 nitrogen and oxygen atoms in total. The third-order valence-electron chi connectivity index (χ3n) is 3.70. The van der Waals surface area contributed by atoms with Gasteiger partial charge in [0.05, 0.1) is 19.8 Å².